The molecule has 0 bridgehead atoms. The van der Waals surface area contributed by atoms with E-state index < -0.39 is 17.7 Å². The molecule has 2 fully saturated rings. The Morgan fingerprint density at radius 2 is 1.96 bits per heavy atom. The normalized spacial score (nSPS) is 30.7. The molecule has 2 aliphatic heterocycles. The Hall–Kier alpha value is -1.67. The molecule has 7 nitrogen and oxygen atoms in total. The lowest BCUT2D eigenvalue weighted by atomic mass is 10.1. The van der Waals surface area contributed by atoms with E-state index in [1.807, 2.05) is 43.0 Å². The zero-order chi connectivity index (χ0) is 19.4. The van der Waals surface area contributed by atoms with Crippen molar-refractivity contribution in [2.45, 2.75) is 70.6 Å². The summed E-state index contributed by atoms with van der Waals surface area (Å²) in [4.78, 5) is 14.2. The molecular weight excluding hydrogens is 348 g/mol. The molecule has 1 aromatic carbocycles. The van der Waals surface area contributed by atoms with Crippen LogP contribution in [0.5, 0.6) is 5.75 Å². The molecule has 150 valence electrons. The Labute approximate surface area is 160 Å². The SMILES string of the molecule is CCCCOc1ccc(CN2CC3(C[C@@H]2C(=O)NO)OC(C)C(C)O3)cc1. The molecule has 0 saturated carbocycles. The number of amides is 1. The van der Waals surface area contributed by atoms with Gasteiger partial charge in [0.25, 0.3) is 5.91 Å². The summed E-state index contributed by atoms with van der Waals surface area (Å²) in [6.07, 6.45) is 2.48. The average Bonchev–Trinajstić information content (AvgIpc) is 3.14. The van der Waals surface area contributed by atoms with Gasteiger partial charge >= 0.3 is 0 Å². The van der Waals surface area contributed by atoms with Crippen molar-refractivity contribution in [3.8, 4) is 5.75 Å². The lowest BCUT2D eigenvalue weighted by molar-refractivity contribution is -0.163. The van der Waals surface area contributed by atoms with Crippen LogP contribution in [0.2, 0.25) is 0 Å². The number of nitrogens with zero attached hydrogens (tertiary/aromatic N) is 1. The Morgan fingerprint density at radius 1 is 1.30 bits per heavy atom. The molecule has 0 aromatic heterocycles. The fourth-order valence-electron chi connectivity index (χ4n) is 3.73. The molecule has 27 heavy (non-hydrogen) atoms. The van der Waals surface area contributed by atoms with Gasteiger partial charge in [0.15, 0.2) is 5.79 Å². The summed E-state index contributed by atoms with van der Waals surface area (Å²) in [5.74, 6) is -0.384. The highest BCUT2D eigenvalue weighted by atomic mass is 16.8. The second-order valence-electron chi connectivity index (χ2n) is 7.50. The van der Waals surface area contributed by atoms with Gasteiger partial charge in [-0.05, 0) is 38.0 Å². The van der Waals surface area contributed by atoms with Crippen molar-refractivity contribution < 1.29 is 24.2 Å². The second kappa shape index (κ2) is 8.56. The Morgan fingerprint density at radius 3 is 2.56 bits per heavy atom. The highest BCUT2D eigenvalue weighted by Gasteiger charge is 2.54. The maximum absolute atomic E-state index is 12.2. The van der Waals surface area contributed by atoms with E-state index in [9.17, 15) is 4.79 Å². The molecule has 2 aliphatic rings. The van der Waals surface area contributed by atoms with Crippen molar-refractivity contribution in [3.05, 3.63) is 29.8 Å². The molecule has 3 atom stereocenters. The number of carbonyl (C=O) groups excluding carboxylic acids is 1. The Bertz CT molecular complexity index is 626. The average molecular weight is 378 g/mol. The summed E-state index contributed by atoms with van der Waals surface area (Å²) in [6.45, 7) is 7.84. The van der Waals surface area contributed by atoms with Gasteiger partial charge in [-0.2, -0.15) is 0 Å². The molecule has 2 saturated heterocycles. The van der Waals surface area contributed by atoms with E-state index in [0.29, 0.717) is 26.1 Å². The molecule has 2 unspecified atom stereocenters. The minimum Gasteiger partial charge on any atom is -0.494 e. The number of rotatable bonds is 7. The van der Waals surface area contributed by atoms with Crippen LogP contribution in [-0.2, 0) is 20.8 Å². The first kappa shape index (κ1) is 20.1. The zero-order valence-corrected chi connectivity index (χ0v) is 16.3. The maximum atomic E-state index is 12.2. The van der Waals surface area contributed by atoms with Crippen molar-refractivity contribution in [2.24, 2.45) is 0 Å². The topological polar surface area (TPSA) is 80.3 Å². The van der Waals surface area contributed by atoms with Crippen LogP contribution in [0.1, 0.15) is 45.6 Å². The fraction of sp³-hybridized carbons (Fsp3) is 0.650. The molecule has 1 spiro atoms. The molecule has 2 heterocycles. The molecule has 1 aromatic rings. The number of unbranched alkanes of at least 4 members (excludes halogenated alkanes) is 1. The van der Waals surface area contributed by atoms with E-state index in [2.05, 4.69) is 6.92 Å². The minimum absolute atomic E-state index is 0.0256. The van der Waals surface area contributed by atoms with Crippen molar-refractivity contribution in [3.63, 3.8) is 0 Å². The van der Waals surface area contributed by atoms with Gasteiger partial charge in [-0.3, -0.25) is 14.9 Å². The van der Waals surface area contributed by atoms with E-state index in [-0.39, 0.29) is 12.2 Å². The summed E-state index contributed by atoms with van der Waals surface area (Å²) < 4.78 is 17.8. The van der Waals surface area contributed by atoms with Crippen LogP contribution < -0.4 is 10.2 Å². The van der Waals surface area contributed by atoms with Crippen LogP contribution in [0, 0.1) is 0 Å². The first-order valence-electron chi connectivity index (χ1n) is 9.71. The summed E-state index contributed by atoms with van der Waals surface area (Å²) in [5.41, 5.74) is 2.84. The molecule has 0 radical (unpaired) electrons. The van der Waals surface area contributed by atoms with Crippen molar-refractivity contribution in [2.75, 3.05) is 13.2 Å². The highest BCUT2D eigenvalue weighted by Crippen LogP contribution is 2.40. The van der Waals surface area contributed by atoms with Crippen LogP contribution in [0.15, 0.2) is 24.3 Å². The molecule has 1 amide bonds. The predicted molar refractivity (Wildman–Crippen MR) is 99.4 cm³/mol. The van der Waals surface area contributed by atoms with Gasteiger partial charge in [0.05, 0.1) is 31.4 Å². The number of hydrogen-bond donors (Lipinski definition) is 2. The van der Waals surface area contributed by atoms with Crippen LogP contribution in [0.25, 0.3) is 0 Å². The van der Waals surface area contributed by atoms with E-state index in [4.69, 9.17) is 19.4 Å². The summed E-state index contributed by atoms with van der Waals surface area (Å²) in [5, 5.41) is 9.13. The van der Waals surface area contributed by atoms with E-state index in [1.165, 1.54) is 0 Å². The van der Waals surface area contributed by atoms with E-state index in [0.717, 1.165) is 24.2 Å². The summed E-state index contributed by atoms with van der Waals surface area (Å²) in [7, 11) is 0. The lowest BCUT2D eigenvalue weighted by Crippen LogP contribution is -2.41. The smallest absolute Gasteiger partial charge is 0.260 e. The molecular formula is C20H30N2O5. The largest absolute Gasteiger partial charge is 0.494 e. The van der Waals surface area contributed by atoms with Crippen molar-refractivity contribution >= 4 is 5.91 Å². The predicted octanol–water partition coefficient (Wildman–Crippen LogP) is 2.47. The quantitative estimate of drug-likeness (QED) is 0.431. The van der Waals surface area contributed by atoms with Crippen molar-refractivity contribution in [1.29, 1.82) is 0 Å². The standard InChI is InChI=1S/C20H30N2O5/c1-4-5-10-25-17-8-6-16(7-9-17)12-22-13-20(11-18(22)19(23)21-24)26-14(2)15(3)27-20/h6-9,14-15,18,24H,4-5,10-13H2,1-3H3,(H,21,23)/t14?,15?,18-,20?/m1/s1. The number of likely N-dealkylation sites (tertiary alicyclic amines) is 1. The number of hydrogen-bond acceptors (Lipinski definition) is 6. The monoisotopic (exact) mass is 378 g/mol. The second-order valence-corrected chi connectivity index (χ2v) is 7.50. The van der Waals surface area contributed by atoms with Crippen LogP contribution in [0.4, 0.5) is 0 Å². The molecule has 3 rings (SSSR count). The first-order chi connectivity index (χ1) is 13.0. The third kappa shape index (κ3) is 4.60. The Balaban J connectivity index is 1.67. The molecule has 7 heteroatoms. The van der Waals surface area contributed by atoms with Gasteiger partial charge < -0.3 is 14.2 Å². The van der Waals surface area contributed by atoms with Gasteiger partial charge in [-0.25, -0.2) is 5.48 Å². The summed E-state index contributed by atoms with van der Waals surface area (Å²) in [6, 6.07) is 7.40. The van der Waals surface area contributed by atoms with Crippen LogP contribution in [-0.4, -0.2) is 53.2 Å². The number of carbonyl (C=O) groups is 1. The van der Waals surface area contributed by atoms with Gasteiger partial charge in [-0.1, -0.05) is 25.5 Å². The number of ether oxygens (including phenoxy) is 3. The number of nitrogens with one attached hydrogen (secondary N) is 1. The third-order valence-corrected chi connectivity index (χ3v) is 5.34. The maximum Gasteiger partial charge on any atom is 0.260 e. The van der Waals surface area contributed by atoms with Crippen LogP contribution in [0.3, 0.4) is 0 Å². The van der Waals surface area contributed by atoms with Gasteiger partial charge in [0.1, 0.15) is 5.75 Å². The van der Waals surface area contributed by atoms with E-state index in [1.54, 1.807) is 5.48 Å². The first-order valence-corrected chi connectivity index (χ1v) is 9.71. The number of hydroxylamine groups is 1. The number of benzene rings is 1. The minimum atomic E-state index is -0.792. The van der Waals surface area contributed by atoms with Gasteiger partial charge in [-0.15, -0.1) is 0 Å². The van der Waals surface area contributed by atoms with Gasteiger partial charge in [0, 0.05) is 13.0 Å². The van der Waals surface area contributed by atoms with E-state index >= 15 is 0 Å². The molecule has 2 N–H and O–H groups in total. The highest BCUT2D eigenvalue weighted by molar-refractivity contribution is 5.81. The van der Waals surface area contributed by atoms with Gasteiger partial charge in [0.2, 0.25) is 0 Å². The Kier molecular flexibility index (Phi) is 6.37. The lowest BCUT2D eigenvalue weighted by Gasteiger charge is -2.24. The third-order valence-electron chi connectivity index (χ3n) is 5.34. The molecule has 0 aliphatic carbocycles. The fourth-order valence-corrected chi connectivity index (χ4v) is 3.73. The summed E-state index contributed by atoms with van der Waals surface area (Å²) >= 11 is 0. The van der Waals surface area contributed by atoms with Crippen molar-refractivity contribution in [1.82, 2.24) is 10.4 Å². The van der Waals surface area contributed by atoms with Crippen LogP contribution >= 0.6 is 0 Å². The zero-order valence-electron chi connectivity index (χ0n) is 16.3.